The van der Waals surface area contributed by atoms with E-state index < -0.39 is 24.5 Å². The van der Waals surface area contributed by atoms with Gasteiger partial charge in [-0.05, 0) is 24.3 Å². The Bertz CT molecular complexity index is 369. The SMILES string of the molecule is Oc1ccc(N[C@H]2OC[C@H](O)[C@H](O)[C@H]2O)cc1. The zero-order valence-corrected chi connectivity index (χ0v) is 9.02. The molecule has 0 aliphatic carbocycles. The lowest BCUT2D eigenvalue weighted by atomic mass is 10.0. The van der Waals surface area contributed by atoms with Gasteiger partial charge >= 0.3 is 0 Å². The number of hydrogen-bond donors (Lipinski definition) is 5. The van der Waals surface area contributed by atoms with Gasteiger partial charge in [-0.1, -0.05) is 0 Å². The van der Waals surface area contributed by atoms with Crippen LogP contribution in [0.1, 0.15) is 0 Å². The summed E-state index contributed by atoms with van der Waals surface area (Å²) in [5, 5.41) is 40.4. The Morgan fingerprint density at radius 2 is 1.71 bits per heavy atom. The molecule has 0 radical (unpaired) electrons. The molecule has 1 heterocycles. The standard InChI is InChI=1S/C11H15NO5/c13-7-3-1-6(2-4-7)12-11-10(16)9(15)8(14)5-17-11/h1-4,8-16H,5H2/t8-,9-,10+,11-/m0/s1. The molecule has 6 heteroatoms. The predicted octanol–water partition coefficient (Wildman–Crippen LogP) is -0.757. The second kappa shape index (κ2) is 4.89. The molecular formula is C11H15NO5. The lowest BCUT2D eigenvalue weighted by molar-refractivity contribution is -0.178. The second-order valence-corrected chi connectivity index (χ2v) is 3.99. The number of benzene rings is 1. The third kappa shape index (κ3) is 2.67. The molecule has 0 unspecified atom stereocenters. The molecule has 0 bridgehead atoms. The summed E-state index contributed by atoms with van der Waals surface area (Å²) in [7, 11) is 0. The summed E-state index contributed by atoms with van der Waals surface area (Å²) in [4.78, 5) is 0. The second-order valence-electron chi connectivity index (χ2n) is 3.99. The Morgan fingerprint density at radius 3 is 2.35 bits per heavy atom. The Hall–Kier alpha value is -1.34. The van der Waals surface area contributed by atoms with Crippen molar-refractivity contribution in [2.24, 2.45) is 0 Å². The summed E-state index contributed by atoms with van der Waals surface area (Å²) in [6.45, 7) is -0.0476. The van der Waals surface area contributed by atoms with Crippen molar-refractivity contribution in [2.75, 3.05) is 11.9 Å². The van der Waals surface area contributed by atoms with Crippen LogP contribution in [0.25, 0.3) is 0 Å². The molecule has 5 N–H and O–H groups in total. The predicted molar refractivity (Wildman–Crippen MR) is 59.5 cm³/mol. The fraction of sp³-hybridized carbons (Fsp3) is 0.455. The molecule has 0 spiro atoms. The number of hydrogen-bond acceptors (Lipinski definition) is 6. The summed E-state index contributed by atoms with van der Waals surface area (Å²) in [5.74, 6) is 0.135. The fourth-order valence-electron chi connectivity index (χ4n) is 1.66. The van der Waals surface area contributed by atoms with Crippen LogP contribution >= 0.6 is 0 Å². The van der Waals surface area contributed by atoms with E-state index in [1.807, 2.05) is 0 Å². The quantitative estimate of drug-likeness (QED) is 0.436. The molecule has 17 heavy (non-hydrogen) atoms. The number of phenols is 1. The van der Waals surface area contributed by atoms with Crippen molar-refractivity contribution >= 4 is 5.69 Å². The molecule has 1 aromatic carbocycles. The highest BCUT2D eigenvalue weighted by Gasteiger charge is 2.37. The maximum Gasteiger partial charge on any atom is 0.156 e. The van der Waals surface area contributed by atoms with Gasteiger partial charge in [0, 0.05) is 5.69 Å². The van der Waals surface area contributed by atoms with Gasteiger partial charge in [0.05, 0.1) is 6.61 Å². The Balaban J connectivity index is 2.01. The first-order chi connectivity index (χ1) is 8.08. The van der Waals surface area contributed by atoms with Crippen molar-refractivity contribution in [3.8, 4) is 5.75 Å². The van der Waals surface area contributed by atoms with Gasteiger partial charge < -0.3 is 30.5 Å². The fourth-order valence-corrected chi connectivity index (χ4v) is 1.66. The molecule has 4 atom stereocenters. The molecule has 1 aromatic rings. The van der Waals surface area contributed by atoms with Crippen LogP contribution in [0.4, 0.5) is 5.69 Å². The molecule has 1 aliphatic heterocycles. The summed E-state index contributed by atoms with van der Waals surface area (Å²) in [6, 6.07) is 6.21. The number of ether oxygens (including phenoxy) is 1. The van der Waals surface area contributed by atoms with Gasteiger partial charge in [-0.25, -0.2) is 0 Å². The average molecular weight is 241 g/mol. The minimum absolute atomic E-state index is 0.0476. The first-order valence-corrected chi connectivity index (χ1v) is 5.29. The number of nitrogens with one attached hydrogen (secondary N) is 1. The number of rotatable bonds is 2. The van der Waals surface area contributed by atoms with E-state index in [4.69, 9.17) is 9.84 Å². The smallest absolute Gasteiger partial charge is 0.156 e. The lowest BCUT2D eigenvalue weighted by Gasteiger charge is -2.35. The Kier molecular flexibility index (Phi) is 3.49. The Morgan fingerprint density at radius 1 is 1.06 bits per heavy atom. The van der Waals surface area contributed by atoms with Gasteiger partial charge in [0.2, 0.25) is 0 Å². The van der Waals surface area contributed by atoms with Crippen LogP contribution in [0.5, 0.6) is 5.75 Å². The summed E-state index contributed by atoms with van der Waals surface area (Å²) >= 11 is 0. The van der Waals surface area contributed by atoms with E-state index in [0.29, 0.717) is 5.69 Å². The minimum atomic E-state index is -1.24. The molecule has 6 nitrogen and oxygen atoms in total. The number of aliphatic hydroxyl groups excluding tert-OH is 3. The van der Waals surface area contributed by atoms with E-state index >= 15 is 0 Å². The molecule has 0 saturated carbocycles. The van der Waals surface area contributed by atoms with E-state index in [1.54, 1.807) is 12.1 Å². The third-order valence-electron chi connectivity index (χ3n) is 2.68. The van der Waals surface area contributed by atoms with Gasteiger partial charge in [0.1, 0.15) is 24.1 Å². The Labute approximate surface area is 98.1 Å². The van der Waals surface area contributed by atoms with Crippen molar-refractivity contribution in [3.63, 3.8) is 0 Å². The van der Waals surface area contributed by atoms with Gasteiger partial charge in [-0.2, -0.15) is 0 Å². The highest BCUT2D eigenvalue weighted by atomic mass is 16.5. The van der Waals surface area contributed by atoms with E-state index in [0.717, 1.165) is 0 Å². The van der Waals surface area contributed by atoms with E-state index in [1.165, 1.54) is 12.1 Å². The number of aliphatic hydroxyl groups is 3. The van der Waals surface area contributed by atoms with Crippen LogP contribution in [0.2, 0.25) is 0 Å². The number of aromatic hydroxyl groups is 1. The van der Waals surface area contributed by atoms with Crippen molar-refractivity contribution in [1.29, 1.82) is 0 Å². The third-order valence-corrected chi connectivity index (χ3v) is 2.68. The molecule has 0 amide bonds. The largest absolute Gasteiger partial charge is 0.508 e. The molecule has 1 saturated heterocycles. The number of phenolic OH excluding ortho intramolecular Hbond substituents is 1. The van der Waals surface area contributed by atoms with Gasteiger partial charge in [-0.3, -0.25) is 0 Å². The number of anilines is 1. The first kappa shape index (κ1) is 12.1. The molecule has 2 rings (SSSR count). The molecule has 0 aromatic heterocycles. The summed E-state index contributed by atoms with van der Waals surface area (Å²) in [5.41, 5.74) is 0.635. The molecule has 1 aliphatic rings. The molecule has 1 fully saturated rings. The summed E-state index contributed by atoms with van der Waals surface area (Å²) in [6.07, 6.45) is -4.33. The van der Waals surface area contributed by atoms with E-state index in [9.17, 15) is 15.3 Å². The maximum absolute atomic E-state index is 9.68. The van der Waals surface area contributed by atoms with Crippen molar-refractivity contribution < 1.29 is 25.2 Å². The van der Waals surface area contributed by atoms with Gasteiger partial charge in [0.15, 0.2) is 6.23 Å². The van der Waals surface area contributed by atoms with Crippen molar-refractivity contribution in [1.82, 2.24) is 0 Å². The van der Waals surface area contributed by atoms with Crippen molar-refractivity contribution in [2.45, 2.75) is 24.5 Å². The maximum atomic E-state index is 9.68. The zero-order valence-electron chi connectivity index (χ0n) is 9.02. The van der Waals surface area contributed by atoms with Crippen LogP contribution in [-0.4, -0.2) is 51.6 Å². The molecular weight excluding hydrogens is 226 g/mol. The molecule has 94 valence electrons. The van der Waals surface area contributed by atoms with Crippen LogP contribution < -0.4 is 5.32 Å². The summed E-state index contributed by atoms with van der Waals surface area (Å²) < 4.78 is 5.17. The van der Waals surface area contributed by atoms with Gasteiger partial charge in [0.25, 0.3) is 0 Å². The van der Waals surface area contributed by atoms with Crippen LogP contribution in [-0.2, 0) is 4.74 Å². The highest BCUT2D eigenvalue weighted by Crippen LogP contribution is 2.20. The van der Waals surface area contributed by atoms with Gasteiger partial charge in [-0.15, -0.1) is 0 Å². The minimum Gasteiger partial charge on any atom is -0.508 e. The zero-order chi connectivity index (χ0) is 12.4. The van der Waals surface area contributed by atoms with E-state index in [2.05, 4.69) is 5.32 Å². The first-order valence-electron chi connectivity index (χ1n) is 5.29. The van der Waals surface area contributed by atoms with Crippen LogP contribution in [0, 0.1) is 0 Å². The van der Waals surface area contributed by atoms with Crippen molar-refractivity contribution in [3.05, 3.63) is 24.3 Å². The van der Waals surface area contributed by atoms with E-state index in [-0.39, 0.29) is 12.4 Å². The van der Waals surface area contributed by atoms with Crippen LogP contribution in [0.15, 0.2) is 24.3 Å². The van der Waals surface area contributed by atoms with Crippen LogP contribution in [0.3, 0.4) is 0 Å². The average Bonchev–Trinajstić information content (AvgIpc) is 2.33. The highest BCUT2D eigenvalue weighted by molar-refractivity contribution is 5.46. The normalized spacial score (nSPS) is 33.4. The topological polar surface area (TPSA) is 102 Å². The lowest BCUT2D eigenvalue weighted by Crippen LogP contribution is -2.55. The monoisotopic (exact) mass is 241 g/mol.